The zero-order valence-corrected chi connectivity index (χ0v) is 11.1. The van der Waals surface area contributed by atoms with Gasteiger partial charge in [-0.15, -0.1) is 0 Å². The van der Waals surface area contributed by atoms with Gasteiger partial charge in [0.25, 0.3) is 0 Å². The monoisotopic (exact) mass is 238 g/mol. The lowest BCUT2D eigenvalue weighted by Gasteiger charge is -2.23. The van der Waals surface area contributed by atoms with Crippen molar-refractivity contribution in [3.8, 4) is 0 Å². The number of nitrogens with one attached hydrogen (secondary N) is 1. The second-order valence-electron chi connectivity index (χ2n) is 4.73. The van der Waals surface area contributed by atoms with Crippen LogP contribution in [0.25, 0.3) is 0 Å². The van der Waals surface area contributed by atoms with Gasteiger partial charge in [0, 0.05) is 19.1 Å². The Bertz CT molecular complexity index is 321. The number of rotatable bonds is 3. The van der Waals surface area contributed by atoms with E-state index in [-0.39, 0.29) is 0 Å². The van der Waals surface area contributed by atoms with Crippen LogP contribution in [0.2, 0.25) is 0 Å². The van der Waals surface area contributed by atoms with E-state index >= 15 is 0 Å². The molecule has 2 nitrogen and oxygen atoms in total. The summed E-state index contributed by atoms with van der Waals surface area (Å²) in [6, 6.07) is 0.682. The molecule has 0 bridgehead atoms. The van der Waals surface area contributed by atoms with Crippen molar-refractivity contribution in [1.82, 2.24) is 10.2 Å². The average molecular weight is 238 g/mol. The first-order valence-corrected chi connectivity index (χ1v) is 7.21. The predicted molar refractivity (Wildman–Crippen MR) is 71.0 cm³/mol. The van der Waals surface area contributed by atoms with Crippen molar-refractivity contribution in [2.24, 2.45) is 0 Å². The van der Waals surface area contributed by atoms with Crippen molar-refractivity contribution in [3.05, 3.63) is 21.9 Å². The molecule has 1 fully saturated rings. The molecule has 3 heteroatoms. The first-order valence-electron chi connectivity index (χ1n) is 6.27. The molecule has 1 aliphatic heterocycles. The molecule has 2 rings (SSSR count). The molecule has 1 aliphatic rings. The number of hydrogen-bond donors (Lipinski definition) is 1. The second kappa shape index (κ2) is 5.80. The van der Waals surface area contributed by atoms with E-state index in [1.54, 1.807) is 0 Å². The Morgan fingerprint density at radius 1 is 1.50 bits per heavy atom. The van der Waals surface area contributed by atoms with Crippen molar-refractivity contribution < 1.29 is 0 Å². The molecule has 0 amide bonds. The van der Waals surface area contributed by atoms with Gasteiger partial charge in [-0.05, 0) is 54.7 Å². The van der Waals surface area contributed by atoms with Gasteiger partial charge in [0.1, 0.15) is 0 Å². The van der Waals surface area contributed by atoms with Crippen molar-refractivity contribution in [1.29, 1.82) is 0 Å². The van der Waals surface area contributed by atoms with Crippen LogP contribution < -0.4 is 5.32 Å². The molecule has 1 aromatic rings. The minimum atomic E-state index is 0.682. The van der Waals surface area contributed by atoms with E-state index in [9.17, 15) is 0 Å². The van der Waals surface area contributed by atoms with E-state index in [4.69, 9.17) is 0 Å². The van der Waals surface area contributed by atoms with Gasteiger partial charge < -0.3 is 5.32 Å². The second-order valence-corrected chi connectivity index (χ2v) is 5.47. The zero-order chi connectivity index (χ0) is 11.4. The third kappa shape index (κ3) is 3.06. The minimum absolute atomic E-state index is 0.682. The fourth-order valence-corrected chi connectivity index (χ4v) is 3.13. The maximum absolute atomic E-state index is 3.62. The molecule has 2 heterocycles. The number of nitrogens with zero attached hydrogens (tertiary/aromatic N) is 1. The van der Waals surface area contributed by atoms with Crippen LogP contribution in [0.15, 0.2) is 10.8 Å². The number of aryl methyl sites for hydroxylation is 1. The smallest absolute Gasteiger partial charge is 0.0245 e. The van der Waals surface area contributed by atoms with Gasteiger partial charge in [-0.2, -0.15) is 11.3 Å². The van der Waals surface area contributed by atoms with E-state index in [0.717, 1.165) is 6.54 Å². The number of thiophene rings is 1. The van der Waals surface area contributed by atoms with Gasteiger partial charge in [-0.1, -0.05) is 6.92 Å². The van der Waals surface area contributed by atoms with Crippen LogP contribution in [0.3, 0.4) is 0 Å². The fourth-order valence-electron chi connectivity index (χ4n) is 2.28. The highest BCUT2D eigenvalue weighted by Crippen LogP contribution is 2.17. The molecule has 1 aromatic heterocycles. The molecule has 1 unspecified atom stereocenters. The maximum Gasteiger partial charge on any atom is 0.0245 e. The number of hydrogen-bond acceptors (Lipinski definition) is 3. The zero-order valence-electron chi connectivity index (χ0n) is 10.3. The molecular weight excluding hydrogens is 216 g/mol. The highest BCUT2D eigenvalue weighted by molar-refractivity contribution is 7.08. The fraction of sp³-hybridized carbons (Fsp3) is 0.692. The SMILES string of the molecule is CCC1CN(Cc2cscc2C)CCCN1. The van der Waals surface area contributed by atoms with Gasteiger partial charge in [0.15, 0.2) is 0 Å². The normalized spacial score (nSPS) is 23.2. The van der Waals surface area contributed by atoms with Gasteiger partial charge in [0.05, 0.1) is 0 Å². The Kier molecular flexibility index (Phi) is 4.38. The molecule has 0 saturated carbocycles. The molecule has 0 spiro atoms. The van der Waals surface area contributed by atoms with Crippen molar-refractivity contribution >= 4 is 11.3 Å². The highest BCUT2D eigenvalue weighted by Gasteiger charge is 2.16. The summed E-state index contributed by atoms with van der Waals surface area (Å²) in [5.74, 6) is 0. The van der Waals surface area contributed by atoms with Gasteiger partial charge in [-0.25, -0.2) is 0 Å². The van der Waals surface area contributed by atoms with Crippen LogP contribution >= 0.6 is 11.3 Å². The summed E-state index contributed by atoms with van der Waals surface area (Å²) < 4.78 is 0. The lowest BCUT2D eigenvalue weighted by Crippen LogP contribution is -2.36. The molecule has 1 N–H and O–H groups in total. The molecule has 0 aliphatic carbocycles. The summed E-state index contributed by atoms with van der Waals surface area (Å²) in [4.78, 5) is 2.60. The first-order chi connectivity index (χ1) is 7.79. The molecule has 0 radical (unpaired) electrons. The van der Waals surface area contributed by atoms with E-state index in [1.165, 1.54) is 43.6 Å². The summed E-state index contributed by atoms with van der Waals surface area (Å²) in [7, 11) is 0. The average Bonchev–Trinajstić information content (AvgIpc) is 2.55. The molecular formula is C13H22N2S. The Morgan fingerprint density at radius 3 is 3.06 bits per heavy atom. The van der Waals surface area contributed by atoms with Gasteiger partial charge in [-0.3, -0.25) is 4.90 Å². The minimum Gasteiger partial charge on any atom is -0.313 e. The van der Waals surface area contributed by atoms with E-state index in [2.05, 4.69) is 34.8 Å². The quantitative estimate of drug-likeness (QED) is 0.871. The maximum atomic E-state index is 3.62. The molecule has 16 heavy (non-hydrogen) atoms. The first kappa shape index (κ1) is 12.1. The van der Waals surface area contributed by atoms with Gasteiger partial charge in [0.2, 0.25) is 0 Å². The van der Waals surface area contributed by atoms with Crippen LogP contribution in [0.5, 0.6) is 0 Å². The van der Waals surface area contributed by atoms with Crippen LogP contribution in [0, 0.1) is 6.92 Å². The molecule has 1 atom stereocenters. The topological polar surface area (TPSA) is 15.3 Å². The Labute approximate surface area is 103 Å². The Morgan fingerprint density at radius 2 is 2.38 bits per heavy atom. The Balaban J connectivity index is 1.95. The van der Waals surface area contributed by atoms with E-state index < -0.39 is 0 Å². The summed E-state index contributed by atoms with van der Waals surface area (Å²) >= 11 is 1.82. The van der Waals surface area contributed by atoms with Crippen LogP contribution in [-0.4, -0.2) is 30.6 Å². The largest absolute Gasteiger partial charge is 0.313 e. The van der Waals surface area contributed by atoms with E-state index in [0.29, 0.717) is 6.04 Å². The van der Waals surface area contributed by atoms with Crippen molar-refractivity contribution in [3.63, 3.8) is 0 Å². The van der Waals surface area contributed by atoms with Crippen molar-refractivity contribution in [2.75, 3.05) is 19.6 Å². The lowest BCUT2D eigenvalue weighted by atomic mass is 10.2. The Hall–Kier alpha value is -0.380. The summed E-state index contributed by atoms with van der Waals surface area (Å²) in [6.07, 6.45) is 2.51. The summed E-state index contributed by atoms with van der Waals surface area (Å²) in [5, 5.41) is 8.17. The third-order valence-electron chi connectivity index (χ3n) is 3.41. The third-order valence-corrected chi connectivity index (χ3v) is 4.32. The highest BCUT2D eigenvalue weighted by atomic mass is 32.1. The summed E-state index contributed by atoms with van der Waals surface area (Å²) in [6.45, 7) is 9.24. The van der Waals surface area contributed by atoms with Crippen LogP contribution in [0.4, 0.5) is 0 Å². The predicted octanol–water partition coefficient (Wildman–Crippen LogP) is 2.63. The summed E-state index contributed by atoms with van der Waals surface area (Å²) in [5.41, 5.74) is 2.97. The van der Waals surface area contributed by atoms with Crippen LogP contribution in [-0.2, 0) is 6.54 Å². The van der Waals surface area contributed by atoms with E-state index in [1.807, 2.05) is 11.3 Å². The molecule has 90 valence electrons. The van der Waals surface area contributed by atoms with Crippen molar-refractivity contribution in [2.45, 2.75) is 39.3 Å². The van der Waals surface area contributed by atoms with Crippen LogP contribution in [0.1, 0.15) is 30.9 Å². The lowest BCUT2D eigenvalue weighted by molar-refractivity contribution is 0.257. The van der Waals surface area contributed by atoms with Gasteiger partial charge >= 0.3 is 0 Å². The molecule has 1 saturated heterocycles. The molecule has 0 aromatic carbocycles. The standard InChI is InChI=1S/C13H22N2S/c1-3-13-8-15(6-4-5-14-13)7-12-10-16-9-11(12)2/h9-10,13-14H,3-8H2,1-2H3.